The van der Waals surface area contributed by atoms with E-state index in [0.29, 0.717) is 19.4 Å². The molecule has 0 aliphatic heterocycles. The van der Waals surface area contributed by atoms with Gasteiger partial charge in [-0.2, -0.15) is 0 Å². The van der Waals surface area contributed by atoms with Gasteiger partial charge >= 0.3 is 5.97 Å². The summed E-state index contributed by atoms with van der Waals surface area (Å²) in [4.78, 5) is 24.5. The van der Waals surface area contributed by atoms with Crippen LogP contribution in [0.5, 0.6) is 0 Å². The summed E-state index contributed by atoms with van der Waals surface area (Å²) in [5.41, 5.74) is 0. The molecule has 0 spiro atoms. The van der Waals surface area contributed by atoms with Gasteiger partial charge in [0.1, 0.15) is 0 Å². The van der Waals surface area contributed by atoms with Gasteiger partial charge in [0.05, 0.1) is 25.4 Å². The molecule has 6 heteroatoms. The zero-order valence-corrected chi connectivity index (χ0v) is 46.3. The van der Waals surface area contributed by atoms with Crippen molar-refractivity contribution in [3.63, 3.8) is 0 Å². The van der Waals surface area contributed by atoms with Crippen LogP contribution in [0.1, 0.15) is 328 Å². The molecule has 6 nitrogen and oxygen atoms in total. The lowest BCUT2D eigenvalue weighted by molar-refractivity contribution is -0.143. The van der Waals surface area contributed by atoms with Gasteiger partial charge in [-0.05, 0) is 64.2 Å². The number of aliphatic hydroxyl groups is 2. The van der Waals surface area contributed by atoms with E-state index >= 15 is 0 Å². The monoisotopic (exact) mass is 970 g/mol. The van der Waals surface area contributed by atoms with Gasteiger partial charge in [-0.25, -0.2) is 0 Å². The van der Waals surface area contributed by atoms with Crippen molar-refractivity contribution < 1.29 is 24.5 Å². The van der Waals surface area contributed by atoms with Gasteiger partial charge in [0.25, 0.3) is 0 Å². The topological polar surface area (TPSA) is 95.9 Å². The molecule has 406 valence electrons. The van der Waals surface area contributed by atoms with E-state index in [0.717, 1.165) is 77.0 Å². The van der Waals surface area contributed by atoms with Crippen LogP contribution in [0.4, 0.5) is 0 Å². The molecule has 2 unspecified atom stereocenters. The highest BCUT2D eigenvalue weighted by Gasteiger charge is 2.18. The molecule has 0 saturated heterocycles. The largest absolute Gasteiger partial charge is 0.466 e. The second-order valence-corrected chi connectivity index (χ2v) is 21.1. The Morgan fingerprint density at radius 2 is 0.710 bits per heavy atom. The fraction of sp³-hybridized carbons (Fsp3) is 0.873. The summed E-state index contributed by atoms with van der Waals surface area (Å²) in [7, 11) is 0. The minimum absolute atomic E-state index is 0.0106. The lowest BCUT2D eigenvalue weighted by Gasteiger charge is -2.20. The van der Waals surface area contributed by atoms with Crippen LogP contribution in [0.25, 0.3) is 0 Å². The highest BCUT2D eigenvalue weighted by molar-refractivity contribution is 5.76. The number of hydrogen-bond acceptors (Lipinski definition) is 5. The summed E-state index contributed by atoms with van der Waals surface area (Å²) in [5.74, 6) is -0.0868. The van der Waals surface area contributed by atoms with Crippen molar-refractivity contribution in [3.05, 3.63) is 36.5 Å². The number of hydrogen-bond donors (Lipinski definition) is 3. The van der Waals surface area contributed by atoms with Crippen LogP contribution in [-0.4, -0.2) is 47.4 Å². The third-order valence-corrected chi connectivity index (χ3v) is 14.2. The molecule has 1 amide bonds. The molecule has 0 aliphatic carbocycles. The number of esters is 1. The maximum atomic E-state index is 12.5. The summed E-state index contributed by atoms with van der Waals surface area (Å²) < 4.78 is 5.46. The van der Waals surface area contributed by atoms with E-state index < -0.39 is 12.1 Å². The van der Waals surface area contributed by atoms with Gasteiger partial charge in [0, 0.05) is 12.8 Å². The van der Waals surface area contributed by atoms with Crippen LogP contribution in [0.3, 0.4) is 0 Å². The average molecular weight is 971 g/mol. The molecule has 0 aromatic carbocycles. The normalized spacial score (nSPS) is 12.8. The Balaban J connectivity index is 3.49. The minimum Gasteiger partial charge on any atom is -0.466 e. The van der Waals surface area contributed by atoms with Crippen molar-refractivity contribution in [2.75, 3.05) is 13.2 Å². The van der Waals surface area contributed by atoms with Crippen LogP contribution >= 0.6 is 0 Å². The van der Waals surface area contributed by atoms with Crippen LogP contribution < -0.4 is 5.32 Å². The zero-order valence-electron chi connectivity index (χ0n) is 46.3. The van der Waals surface area contributed by atoms with Crippen LogP contribution in [0.15, 0.2) is 36.5 Å². The van der Waals surface area contributed by atoms with E-state index in [2.05, 4.69) is 43.5 Å². The number of amides is 1. The second kappa shape index (κ2) is 58.6. The first-order valence-corrected chi connectivity index (χ1v) is 30.8. The minimum atomic E-state index is -0.852. The third-order valence-electron chi connectivity index (χ3n) is 14.2. The van der Waals surface area contributed by atoms with Crippen molar-refractivity contribution in [1.82, 2.24) is 5.32 Å². The fourth-order valence-corrected chi connectivity index (χ4v) is 9.45. The van der Waals surface area contributed by atoms with E-state index in [4.69, 9.17) is 4.74 Å². The van der Waals surface area contributed by atoms with E-state index in [1.54, 1.807) is 6.08 Å². The van der Waals surface area contributed by atoms with E-state index in [9.17, 15) is 19.8 Å². The predicted molar refractivity (Wildman–Crippen MR) is 301 cm³/mol. The van der Waals surface area contributed by atoms with Crippen molar-refractivity contribution in [1.29, 1.82) is 0 Å². The van der Waals surface area contributed by atoms with Crippen LogP contribution in [-0.2, 0) is 14.3 Å². The zero-order chi connectivity index (χ0) is 50.0. The summed E-state index contributed by atoms with van der Waals surface area (Å²) in [6.07, 6.45) is 73.2. The van der Waals surface area contributed by atoms with Crippen molar-refractivity contribution in [2.24, 2.45) is 0 Å². The Morgan fingerprint density at radius 1 is 0.406 bits per heavy atom. The molecule has 0 radical (unpaired) electrons. The molecule has 3 N–H and O–H groups in total. The second-order valence-electron chi connectivity index (χ2n) is 21.1. The maximum absolute atomic E-state index is 12.5. The lowest BCUT2D eigenvalue weighted by atomic mass is 10.0. The van der Waals surface area contributed by atoms with Gasteiger partial charge in [-0.3, -0.25) is 9.59 Å². The highest BCUT2D eigenvalue weighted by atomic mass is 16.5. The molecule has 0 fully saturated rings. The smallest absolute Gasteiger partial charge is 0.305 e. The van der Waals surface area contributed by atoms with E-state index in [-0.39, 0.29) is 18.5 Å². The molecular weight excluding hydrogens is 851 g/mol. The van der Waals surface area contributed by atoms with Gasteiger partial charge in [-0.15, -0.1) is 0 Å². The molecule has 0 saturated carbocycles. The van der Waals surface area contributed by atoms with E-state index in [1.165, 1.54) is 225 Å². The Morgan fingerprint density at radius 3 is 1.07 bits per heavy atom. The lowest BCUT2D eigenvalue weighted by Crippen LogP contribution is -2.45. The molecule has 0 aliphatic rings. The van der Waals surface area contributed by atoms with Gasteiger partial charge in [0.15, 0.2) is 0 Å². The third kappa shape index (κ3) is 55.2. The summed E-state index contributed by atoms with van der Waals surface area (Å²) in [6.45, 7) is 4.88. The maximum Gasteiger partial charge on any atom is 0.305 e. The number of carbonyl (C=O) groups excluding carboxylic acids is 2. The Kier molecular flexibility index (Phi) is 57.0. The van der Waals surface area contributed by atoms with Crippen molar-refractivity contribution >= 4 is 11.9 Å². The summed E-state index contributed by atoms with van der Waals surface area (Å²) in [5, 5.41) is 23.1. The van der Waals surface area contributed by atoms with Crippen molar-refractivity contribution in [2.45, 2.75) is 341 Å². The molecule has 69 heavy (non-hydrogen) atoms. The molecule has 0 bridgehead atoms. The first-order chi connectivity index (χ1) is 34.0. The number of nitrogens with one attached hydrogen (secondary N) is 1. The van der Waals surface area contributed by atoms with Crippen LogP contribution in [0, 0.1) is 0 Å². The SMILES string of the molecule is CCCCCCCCCCCCCCCCC/C=C/C(O)C(CO)NC(=O)CCCCCCCCCCCC/C=C\C=C/CCCCCOC(=O)CCCCCCCCCCCCCCCCCC. The fourth-order valence-electron chi connectivity index (χ4n) is 9.45. The highest BCUT2D eigenvalue weighted by Crippen LogP contribution is 2.17. The standard InChI is InChI=1S/C63H119NO5/c1-3-5-7-9-11-13-15-17-19-24-27-31-35-39-43-47-51-55-61(66)60(59-65)64-62(67)56-52-48-44-40-36-32-28-25-22-21-23-26-30-34-38-42-46-50-54-58-69-63(68)57-53-49-45-41-37-33-29-20-18-16-14-12-10-8-6-4-2/h26,30,34,38,51,55,60-61,65-66H,3-25,27-29,31-33,35-37,39-50,52-54,56-59H2,1-2H3,(H,64,67)/b30-26-,38-34-,55-51+. The first kappa shape index (κ1) is 67.1. The number of ether oxygens (including phenoxy) is 1. The van der Waals surface area contributed by atoms with E-state index in [1.807, 2.05) is 6.08 Å². The number of carbonyl (C=O) groups is 2. The molecule has 0 aromatic heterocycles. The Hall–Kier alpha value is -1.92. The molecular formula is C63H119NO5. The molecule has 0 heterocycles. The number of unbranched alkanes of at least 4 members (excludes halogenated alkanes) is 43. The summed E-state index contributed by atoms with van der Waals surface area (Å²) >= 11 is 0. The van der Waals surface area contributed by atoms with Crippen molar-refractivity contribution in [3.8, 4) is 0 Å². The first-order valence-electron chi connectivity index (χ1n) is 30.8. The quantitative estimate of drug-likeness (QED) is 0.0244. The van der Waals surface area contributed by atoms with Gasteiger partial charge < -0.3 is 20.3 Å². The number of allylic oxidation sites excluding steroid dienone is 5. The Bertz CT molecular complexity index is 1120. The predicted octanol–water partition coefficient (Wildman–Crippen LogP) is 19.2. The summed E-state index contributed by atoms with van der Waals surface area (Å²) in [6, 6.07) is -0.636. The molecule has 2 atom stereocenters. The number of aliphatic hydroxyl groups excluding tert-OH is 2. The Labute approximate surface area is 430 Å². The molecule has 0 aromatic rings. The van der Waals surface area contributed by atoms with Crippen LogP contribution in [0.2, 0.25) is 0 Å². The van der Waals surface area contributed by atoms with Gasteiger partial charge in [-0.1, -0.05) is 288 Å². The van der Waals surface area contributed by atoms with Gasteiger partial charge in [0.2, 0.25) is 5.91 Å². The average Bonchev–Trinajstić information content (AvgIpc) is 3.35. The molecule has 0 rings (SSSR count). The number of rotatable bonds is 57.